The Bertz CT molecular complexity index is 692. The third kappa shape index (κ3) is 7.78. The lowest BCUT2D eigenvalue weighted by Crippen LogP contribution is -2.37. The van der Waals surface area contributed by atoms with E-state index in [0.717, 1.165) is 35.1 Å². The first-order valence-electron chi connectivity index (χ1n) is 8.38. The Hall–Kier alpha value is -1.54. The van der Waals surface area contributed by atoms with E-state index in [2.05, 4.69) is 20.6 Å². The minimum atomic E-state index is 0. The van der Waals surface area contributed by atoms with Crippen LogP contribution in [0.5, 0.6) is 5.88 Å². The van der Waals surface area contributed by atoms with Crippen LogP contribution >= 0.6 is 35.6 Å². The highest BCUT2D eigenvalue weighted by molar-refractivity contribution is 14.0. The van der Waals surface area contributed by atoms with Crippen LogP contribution in [0.25, 0.3) is 0 Å². The number of nitrogens with one attached hydrogen (secondary N) is 2. The number of rotatable bonds is 7. The quantitative estimate of drug-likeness (QED) is 0.351. The van der Waals surface area contributed by atoms with Crippen molar-refractivity contribution in [1.82, 2.24) is 15.6 Å². The Morgan fingerprint density at radius 3 is 2.58 bits per heavy atom. The Morgan fingerprint density at radius 2 is 1.96 bits per heavy atom. The molecule has 26 heavy (non-hydrogen) atoms. The monoisotopic (exact) mass is 488 g/mol. The summed E-state index contributed by atoms with van der Waals surface area (Å²) in [5.41, 5.74) is 2.18. The van der Waals surface area contributed by atoms with Crippen LogP contribution in [-0.4, -0.2) is 30.6 Å². The lowest BCUT2D eigenvalue weighted by Gasteiger charge is -2.13. The van der Waals surface area contributed by atoms with Gasteiger partial charge in [-0.1, -0.05) is 35.9 Å². The number of benzene rings is 1. The first-order valence-corrected chi connectivity index (χ1v) is 8.76. The highest BCUT2D eigenvalue weighted by atomic mass is 127. The number of ether oxygens (including phenoxy) is 1. The number of nitrogens with zero attached hydrogens (tertiary/aromatic N) is 2. The van der Waals surface area contributed by atoms with Gasteiger partial charge in [0.2, 0.25) is 5.88 Å². The van der Waals surface area contributed by atoms with Crippen molar-refractivity contribution in [3.63, 3.8) is 0 Å². The first kappa shape index (κ1) is 22.5. The summed E-state index contributed by atoms with van der Waals surface area (Å²) in [4.78, 5) is 8.53. The Kier molecular flexibility index (Phi) is 10.3. The van der Waals surface area contributed by atoms with Gasteiger partial charge in [-0.25, -0.2) is 4.98 Å². The van der Waals surface area contributed by atoms with Crippen LogP contribution in [0.4, 0.5) is 0 Å². The van der Waals surface area contributed by atoms with Gasteiger partial charge in [0.05, 0.1) is 6.10 Å². The fraction of sp³-hybridized carbons (Fsp3) is 0.368. The van der Waals surface area contributed by atoms with Crippen molar-refractivity contribution in [3.8, 4) is 5.88 Å². The molecular formula is C19H26ClIN4O. The van der Waals surface area contributed by atoms with E-state index in [1.54, 1.807) is 7.05 Å². The van der Waals surface area contributed by atoms with Crippen molar-refractivity contribution in [2.45, 2.75) is 32.9 Å². The smallest absolute Gasteiger partial charge is 0.213 e. The maximum Gasteiger partial charge on any atom is 0.213 e. The largest absolute Gasteiger partial charge is 0.475 e. The van der Waals surface area contributed by atoms with E-state index in [0.29, 0.717) is 12.4 Å². The van der Waals surface area contributed by atoms with E-state index in [9.17, 15) is 0 Å². The molecular weight excluding hydrogens is 463 g/mol. The summed E-state index contributed by atoms with van der Waals surface area (Å²) in [5, 5.41) is 7.35. The zero-order valence-electron chi connectivity index (χ0n) is 15.3. The van der Waals surface area contributed by atoms with Crippen LogP contribution in [0.2, 0.25) is 5.02 Å². The number of hydrogen-bond donors (Lipinski definition) is 2. The average molecular weight is 489 g/mol. The number of halogens is 2. The number of pyridine rings is 1. The van der Waals surface area contributed by atoms with Crippen LogP contribution in [0.3, 0.4) is 0 Å². The van der Waals surface area contributed by atoms with Crippen molar-refractivity contribution >= 4 is 41.5 Å². The lowest BCUT2D eigenvalue weighted by atomic mass is 10.1. The second-order valence-corrected chi connectivity index (χ2v) is 6.27. The molecule has 0 unspecified atom stereocenters. The molecule has 0 radical (unpaired) electrons. The van der Waals surface area contributed by atoms with Gasteiger partial charge in [0.15, 0.2) is 5.96 Å². The molecule has 0 amide bonds. The standard InChI is InChI=1S/C19H25ClN4O.HI/c1-14(2)25-18-9-8-15(12-23-18)13-24-19(21-3)22-11-10-16-6-4-5-7-17(16)20;/h4-9,12,14H,10-11,13H2,1-3H3,(H2,21,22,24);1H. The molecule has 0 fully saturated rings. The molecule has 0 saturated heterocycles. The van der Waals surface area contributed by atoms with Crippen LogP contribution in [0.1, 0.15) is 25.0 Å². The molecule has 1 heterocycles. The summed E-state index contributed by atoms with van der Waals surface area (Å²) in [7, 11) is 1.75. The highest BCUT2D eigenvalue weighted by Crippen LogP contribution is 2.14. The van der Waals surface area contributed by atoms with Crippen LogP contribution in [-0.2, 0) is 13.0 Å². The van der Waals surface area contributed by atoms with Gasteiger partial charge in [-0.3, -0.25) is 4.99 Å². The third-order valence-electron chi connectivity index (χ3n) is 3.48. The summed E-state index contributed by atoms with van der Waals surface area (Å²) in [6.45, 7) is 5.36. The molecule has 0 aliphatic carbocycles. The van der Waals surface area contributed by atoms with Gasteiger partial charge in [-0.2, -0.15) is 0 Å². The molecule has 142 valence electrons. The molecule has 0 saturated carbocycles. The summed E-state index contributed by atoms with van der Waals surface area (Å²) in [5.74, 6) is 1.38. The first-order chi connectivity index (χ1) is 12.1. The normalized spacial score (nSPS) is 11.0. The maximum absolute atomic E-state index is 6.17. The van der Waals surface area contributed by atoms with Crippen molar-refractivity contribution < 1.29 is 4.74 Å². The topological polar surface area (TPSA) is 58.5 Å². The van der Waals surface area contributed by atoms with Crippen LogP contribution in [0, 0.1) is 0 Å². The average Bonchev–Trinajstić information content (AvgIpc) is 2.60. The van der Waals surface area contributed by atoms with Crippen molar-refractivity contribution in [3.05, 3.63) is 58.7 Å². The van der Waals surface area contributed by atoms with Gasteiger partial charge >= 0.3 is 0 Å². The molecule has 1 aromatic heterocycles. The zero-order chi connectivity index (χ0) is 18.1. The van der Waals surface area contributed by atoms with Crippen LogP contribution in [0.15, 0.2) is 47.6 Å². The Morgan fingerprint density at radius 1 is 1.19 bits per heavy atom. The van der Waals surface area contributed by atoms with Gasteiger partial charge < -0.3 is 15.4 Å². The van der Waals surface area contributed by atoms with E-state index in [-0.39, 0.29) is 30.1 Å². The maximum atomic E-state index is 6.17. The van der Waals surface area contributed by atoms with E-state index < -0.39 is 0 Å². The molecule has 0 spiro atoms. The number of hydrogen-bond acceptors (Lipinski definition) is 3. The summed E-state index contributed by atoms with van der Waals surface area (Å²) < 4.78 is 5.54. The summed E-state index contributed by atoms with van der Waals surface area (Å²) in [6.07, 6.45) is 2.77. The lowest BCUT2D eigenvalue weighted by molar-refractivity contribution is 0.232. The van der Waals surface area contributed by atoms with E-state index in [4.69, 9.17) is 16.3 Å². The summed E-state index contributed by atoms with van der Waals surface area (Å²) in [6, 6.07) is 11.7. The van der Waals surface area contributed by atoms with Crippen molar-refractivity contribution in [2.75, 3.05) is 13.6 Å². The minimum Gasteiger partial charge on any atom is -0.475 e. The summed E-state index contributed by atoms with van der Waals surface area (Å²) >= 11 is 6.17. The number of aliphatic imine (C=N–C) groups is 1. The molecule has 0 aliphatic rings. The third-order valence-corrected chi connectivity index (χ3v) is 3.85. The molecule has 0 aliphatic heterocycles. The van der Waals surface area contributed by atoms with Gasteiger partial charge in [-0.05, 0) is 37.5 Å². The second-order valence-electron chi connectivity index (χ2n) is 5.87. The van der Waals surface area contributed by atoms with Crippen molar-refractivity contribution in [1.29, 1.82) is 0 Å². The molecule has 1 aromatic carbocycles. The van der Waals surface area contributed by atoms with Gasteiger partial charge in [0.25, 0.3) is 0 Å². The van der Waals surface area contributed by atoms with Gasteiger partial charge in [-0.15, -0.1) is 24.0 Å². The van der Waals surface area contributed by atoms with E-state index in [1.807, 2.05) is 56.4 Å². The molecule has 2 rings (SSSR count). The van der Waals surface area contributed by atoms with Crippen molar-refractivity contribution in [2.24, 2.45) is 4.99 Å². The molecule has 0 atom stereocenters. The number of aromatic nitrogens is 1. The van der Waals surface area contributed by atoms with Gasteiger partial charge in [0, 0.05) is 37.4 Å². The molecule has 0 bridgehead atoms. The van der Waals surface area contributed by atoms with Gasteiger partial charge in [0.1, 0.15) is 0 Å². The Balaban J connectivity index is 0.00000338. The highest BCUT2D eigenvalue weighted by Gasteiger charge is 2.03. The molecule has 5 nitrogen and oxygen atoms in total. The SMILES string of the molecule is CN=C(NCCc1ccccc1Cl)NCc1ccc(OC(C)C)nc1.I. The predicted molar refractivity (Wildman–Crippen MR) is 119 cm³/mol. The minimum absolute atomic E-state index is 0. The zero-order valence-corrected chi connectivity index (χ0v) is 18.4. The second kappa shape index (κ2) is 12.0. The molecule has 2 N–H and O–H groups in total. The molecule has 2 aromatic rings. The van der Waals surface area contributed by atoms with Crippen LogP contribution < -0.4 is 15.4 Å². The predicted octanol–water partition coefficient (Wildman–Crippen LogP) is 4.05. The molecule has 7 heteroatoms. The Labute approximate surface area is 177 Å². The van der Waals surface area contributed by atoms with E-state index >= 15 is 0 Å². The van der Waals surface area contributed by atoms with E-state index in [1.165, 1.54) is 0 Å². The fourth-order valence-corrected chi connectivity index (χ4v) is 2.48. The number of guanidine groups is 1. The fourth-order valence-electron chi connectivity index (χ4n) is 2.25.